The zero-order chi connectivity index (χ0) is 14.0. The molecule has 8 heteroatoms. The molecule has 0 aliphatic carbocycles. The van der Waals surface area contributed by atoms with Crippen molar-refractivity contribution in [2.75, 3.05) is 24.6 Å². The van der Waals surface area contributed by atoms with Crippen molar-refractivity contribution < 1.29 is 17.7 Å². The zero-order valence-electron chi connectivity index (χ0n) is 10.1. The molecule has 1 fully saturated rings. The third-order valence-corrected chi connectivity index (χ3v) is 6.59. The maximum absolute atomic E-state index is 12.4. The van der Waals surface area contributed by atoms with Gasteiger partial charge in [-0.05, 0) is 17.7 Å². The van der Waals surface area contributed by atoms with E-state index in [4.69, 9.17) is 16.7 Å². The number of aliphatic hydroxyl groups is 1. The van der Waals surface area contributed by atoms with Crippen molar-refractivity contribution in [3.05, 3.63) is 28.8 Å². The normalized spacial score (nSPS) is 18.6. The number of aliphatic hydroxyl groups excluding tert-OH is 1. The molecule has 19 heavy (non-hydrogen) atoms. The lowest BCUT2D eigenvalue weighted by Crippen LogP contribution is -2.41. The van der Waals surface area contributed by atoms with E-state index in [-0.39, 0.29) is 29.6 Å². The summed E-state index contributed by atoms with van der Waals surface area (Å²) < 4.78 is 37.4. The minimum absolute atomic E-state index is 0.00611. The average Bonchev–Trinajstić information content (AvgIpc) is 2.39. The second-order valence-corrected chi connectivity index (χ2v) is 8.18. The monoisotopic (exact) mass is 323 g/mol. The van der Waals surface area contributed by atoms with Crippen LogP contribution in [-0.4, -0.2) is 46.6 Å². The summed E-state index contributed by atoms with van der Waals surface area (Å²) >= 11 is 5.94. The van der Waals surface area contributed by atoms with Gasteiger partial charge in [0.15, 0.2) is 0 Å². The number of sulfonamides is 1. The average molecular weight is 324 g/mol. The van der Waals surface area contributed by atoms with E-state index in [1.54, 1.807) is 6.07 Å². The van der Waals surface area contributed by atoms with Crippen molar-refractivity contribution in [2.24, 2.45) is 0 Å². The summed E-state index contributed by atoms with van der Waals surface area (Å²) in [6.07, 6.45) is 0. The maximum Gasteiger partial charge on any atom is 0.244 e. The van der Waals surface area contributed by atoms with Gasteiger partial charge in [-0.2, -0.15) is 4.31 Å². The standard InChI is InChI=1S/C11H14ClNO4S2/c12-10-2-1-9(8-14)7-11(10)19(16,17)13-3-5-18(15)6-4-13/h1-2,7,14H,3-6,8H2. The number of hydrogen-bond acceptors (Lipinski definition) is 4. The van der Waals surface area contributed by atoms with E-state index in [1.165, 1.54) is 16.4 Å². The Morgan fingerprint density at radius 1 is 1.32 bits per heavy atom. The molecule has 5 nitrogen and oxygen atoms in total. The van der Waals surface area contributed by atoms with Crippen LogP contribution in [0, 0.1) is 0 Å². The maximum atomic E-state index is 12.4. The summed E-state index contributed by atoms with van der Waals surface area (Å²) in [4.78, 5) is -0.00611. The second kappa shape index (κ2) is 5.88. The van der Waals surface area contributed by atoms with Crippen molar-refractivity contribution in [2.45, 2.75) is 11.5 Å². The van der Waals surface area contributed by atoms with Crippen LogP contribution >= 0.6 is 11.6 Å². The van der Waals surface area contributed by atoms with Crippen LogP contribution in [0.3, 0.4) is 0 Å². The molecular weight excluding hydrogens is 310 g/mol. The Balaban J connectivity index is 2.36. The predicted molar refractivity (Wildman–Crippen MR) is 74.0 cm³/mol. The minimum Gasteiger partial charge on any atom is -0.392 e. The highest BCUT2D eigenvalue weighted by Crippen LogP contribution is 2.26. The van der Waals surface area contributed by atoms with Crippen LogP contribution in [-0.2, 0) is 27.4 Å². The molecule has 106 valence electrons. The summed E-state index contributed by atoms with van der Waals surface area (Å²) in [5.41, 5.74) is 0.489. The van der Waals surface area contributed by atoms with Crippen LogP contribution in [0.2, 0.25) is 5.02 Å². The van der Waals surface area contributed by atoms with Crippen molar-refractivity contribution in [1.29, 1.82) is 0 Å². The van der Waals surface area contributed by atoms with E-state index in [2.05, 4.69) is 0 Å². The van der Waals surface area contributed by atoms with Gasteiger partial charge in [0, 0.05) is 35.4 Å². The second-order valence-electron chi connectivity index (χ2n) is 4.18. The Hall–Kier alpha value is -0.470. The number of nitrogens with zero attached hydrogens (tertiary/aromatic N) is 1. The molecule has 0 radical (unpaired) electrons. The highest BCUT2D eigenvalue weighted by Gasteiger charge is 2.29. The lowest BCUT2D eigenvalue weighted by atomic mass is 10.2. The Morgan fingerprint density at radius 3 is 2.53 bits per heavy atom. The van der Waals surface area contributed by atoms with E-state index in [0.29, 0.717) is 17.1 Å². The highest BCUT2D eigenvalue weighted by molar-refractivity contribution is 7.89. The fourth-order valence-electron chi connectivity index (χ4n) is 1.84. The lowest BCUT2D eigenvalue weighted by molar-refractivity contribution is 0.281. The molecule has 2 rings (SSSR count). The van der Waals surface area contributed by atoms with Crippen LogP contribution in [0.1, 0.15) is 5.56 Å². The molecule has 0 saturated carbocycles. The minimum atomic E-state index is -3.69. The molecule has 0 bridgehead atoms. The molecule has 0 aromatic heterocycles. The van der Waals surface area contributed by atoms with Gasteiger partial charge >= 0.3 is 0 Å². The highest BCUT2D eigenvalue weighted by atomic mass is 35.5. The van der Waals surface area contributed by atoms with Gasteiger partial charge in [-0.15, -0.1) is 0 Å². The molecule has 0 unspecified atom stereocenters. The third-order valence-electron chi connectivity index (χ3n) is 2.93. The first-order valence-corrected chi connectivity index (χ1v) is 9.00. The van der Waals surface area contributed by atoms with E-state index in [0.717, 1.165) is 0 Å². The summed E-state index contributed by atoms with van der Waals surface area (Å²) in [6, 6.07) is 4.41. The molecule has 1 N–H and O–H groups in total. The number of benzene rings is 1. The van der Waals surface area contributed by atoms with Gasteiger partial charge in [-0.25, -0.2) is 8.42 Å². The van der Waals surface area contributed by atoms with Gasteiger partial charge in [0.2, 0.25) is 10.0 Å². The Bertz CT molecular complexity index is 593. The lowest BCUT2D eigenvalue weighted by Gasteiger charge is -2.26. The summed E-state index contributed by atoms with van der Waals surface area (Å²) in [5, 5.41) is 9.20. The predicted octanol–water partition coefficient (Wildman–Crippen LogP) is 0.585. The Labute approximate surface area is 119 Å². The van der Waals surface area contributed by atoms with Gasteiger partial charge in [0.25, 0.3) is 0 Å². The van der Waals surface area contributed by atoms with Crippen molar-refractivity contribution >= 4 is 32.4 Å². The van der Waals surface area contributed by atoms with Gasteiger partial charge in [0.05, 0.1) is 11.6 Å². The fraction of sp³-hybridized carbons (Fsp3) is 0.455. The smallest absolute Gasteiger partial charge is 0.244 e. The summed E-state index contributed by atoms with van der Waals surface area (Å²) in [5.74, 6) is 0.688. The van der Waals surface area contributed by atoms with Gasteiger partial charge < -0.3 is 5.11 Å². The van der Waals surface area contributed by atoms with Crippen molar-refractivity contribution in [1.82, 2.24) is 4.31 Å². The largest absolute Gasteiger partial charge is 0.392 e. The zero-order valence-corrected chi connectivity index (χ0v) is 12.5. The Kier molecular flexibility index (Phi) is 4.62. The molecule has 1 aromatic carbocycles. The van der Waals surface area contributed by atoms with Gasteiger partial charge in [-0.1, -0.05) is 17.7 Å². The first-order valence-electron chi connectivity index (χ1n) is 5.69. The van der Waals surface area contributed by atoms with Crippen molar-refractivity contribution in [3.63, 3.8) is 0 Å². The van der Waals surface area contributed by atoms with Crippen LogP contribution in [0.5, 0.6) is 0 Å². The van der Waals surface area contributed by atoms with Crippen molar-refractivity contribution in [3.8, 4) is 0 Å². The number of halogens is 1. The summed E-state index contributed by atoms with van der Waals surface area (Å²) in [7, 11) is -4.64. The van der Waals surface area contributed by atoms with E-state index in [9.17, 15) is 12.6 Å². The van der Waals surface area contributed by atoms with Gasteiger partial charge in [0.1, 0.15) is 4.90 Å². The Morgan fingerprint density at radius 2 is 1.95 bits per heavy atom. The number of hydrogen-bond donors (Lipinski definition) is 1. The van der Waals surface area contributed by atoms with Crippen LogP contribution < -0.4 is 0 Å². The van der Waals surface area contributed by atoms with Crippen LogP contribution in [0.25, 0.3) is 0 Å². The van der Waals surface area contributed by atoms with E-state index >= 15 is 0 Å². The first-order chi connectivity index (χ1) is 8.95. The number of rotatable bonds is 3. The molecule has 1 heterocycles. The first kappa shape index (κ1) is 14.9. The fourth-order valence-corrected chi connectivity index (χ4v) is 5.09. The summed E-state index contributed by atoms with van der Waals surface area (Å²) in [6.45, 7) is 0.215. The SMILES string of the molecule is O=S1CCN(S(=O)(=O)c2cc(CO)ccc2Cl)CC1. The van der Waals surface area contributed by atoms with Gasteiger partial charge in [-0.3, -0.25) is 4.21 Å². The van der Waals surface area contributed by atoms with Crippen LogP contribution in [0.15, 0.2) is 23.1 Å². The molecule has 1 aromatic rings. The molecular formula is C11H14ClNO4S2. The third kappa shape index (κ3) is 3.17. The molecule has 0 amide bonds. The quantitative estimate of drug-likeness (QED) is 0.883. The van der Waals surface area contributed by atoms with Crippen LogP contribution in [0.4, 0.5) is 0 Å². The molecule has 0 atom stereocenters. The van der Waals surface area contributed by atoms with E-state index in [1.807, 2.05) is 0 Å². The molecule has 1 aliphatic rings. The topological polar surface area (TPSA) is 74.7 Å². The van der Waals surface area contributed by atoms with E-state index < -0.39 is 20.8 Å². The molecule has 0 spiro atoms. The molecule has 1 saturated heterocycles. The molecule has 1 aliphatic heterocycles.